The van der Waals surface area contributed by atoms with Crippen molar-refractivity contribution in [2.24, 2.45) is 11.7 Å². The standard InChI is InChI=1S/C12H18N2/c1-9-6-11(8-12(13)7-9)10-2-4-14-5-3-10/h2-5,9,11-12H,6-8,13H2,1H3/t9-,11+,12-/m1/s1. The molecule has 0 amide bonds. The van der Waals surface area contributed by atoms with Crippen LogP contribution in [-0.4, -0.2) is 11.0 Å². The van der Waals surface area contributed by atoms with Crippen LogP contribution in [0.5, 0.6) is 0 Å². The second-order valence-electron chi connectivity index (χ2n) is 4.55. The molecule has 0 spiro atoms. The fourth-order valence-electron chi connectivity index (χ4n) is 2.56. The number of nitrogens with zero attached hydrogens (tertiary/aromatic N) is 1. The van der Waals surface area contributed by atoms with E-state index in [0.717, 1.165) is 12.3 Å². The molecule has 1 aromatic heterocycles. The predicted molar refractivity (Wildman–Crippen MR) is 58.0 cm³/mol. The Labute approximate surface area is 85.5 Å². The number of aromatic nitrogens is 1. The number of hydrogen-bond donors (Lipinski definition) is 1. The van der Waals surface area contributed by atoms with Gasteiger partial charge in [0.05, 0.1) is 0 Å². The Balaban J connectivity index is 2.11. The van der Waals surface area contributed by atoms with E-state index in [-0.39, 0.29) is 0 Å². The lowest BCUT2D eigenvalue weighted by atomic mass is 9.77. The third-order valence-electron chi connectivity index (χ3n) is 3.16. The highest BCUT2D eigenvalue weighted by Gasteiger charge is 2.24. The van der Waals surface area contributed by atoms with Crippen LogP contribution in [0.25, 0.3) is 0 Å². The zero-order chi connectivity index (χ0) is 9.97. The van der Waals surface area contributed by atoms with Crippen molar-refractivity contribution in [2.45, 2.75) is 38.1 Å². The first-order valence-electron chi connectivity index (χ1n) is 5.41. The van der Waals surface area contributed by atoms with Crippen molar-refractivity contribution in [3.63, 3.8) is 0 Å². The molecule has 1 fully saturated rings. The van der Waals surface area contributed by atoms with Crippen molar-refractivity contribution in [3.8, 4) is 0 Å². The maximum Gasteiger partial charge on any atom is 0.0270 e. The molecule has 0 radical (unpaired) electrons. The smallest absolute Gasteiger partial charge is 0.0270 e. The van der Waals surface area contributed by atoms with Gasteiger partial charge in [-0.25, -0.2) is 0 Å². The molecule has 2 heteroatoms. The Morgan fingerprint density at radius 3 is 2.57 bits per heavy atom. The first kappa shape index (κ1) is 9.66. The molecule has 2 nitrogen and oxygen atoms in total. The van der Waals surface area contributed by atoms with Crippen LogP contribution < -0.4 is 5.73 Å². The first-order chi connectivity index (χ1) is 6.75. The molecule has 2 rings (SSSR count). The van der Waals surface area contributed by atoms with E-state index in [1.165, 1.54) is 18.4 Å². The van der Waals surface area contributed by atoms with E-state index >= 15 is 0 Å². The minimum atomic E-state index is 0.386. The quantitative estimate of drug-likeness (QED) is 0.738. The van der Waals surface area contributed by atoms with Crippen molar-refractivity contribution in [1.29, 1.82) is 0 Å². The molecule has 1 aliphatic carbocycles. The number of hydrogen-bond acceptors (Lipinski definition) is 2. The minimum absolute atomic E-state index is 0.386. The monoisotopic (exact) mass is 190 g/mol. The van der Waals surface area contributed by atoms with E-state index in [1.54, 1.807) is 0 Å². The predicted octanol–water partition coefficient (Wildman–Crippen LogP) is 2.31. The van der Waals surface area contributed by atoms with Crippen molar-refractivity contribution >= 4 is 0 Å². The number of nitrogens with two attached hydrogens (primary N) is 1. The van der Waals surface area contributed by atoms with E-state index in [4.69, 9.17) is 5.73 Å². The molecule has 1 heterocycles. The summed E-state index contributed by atoms with van der Waals surface area (Å²) in [5.41, 5.74) is 7.44. The molecule has 0 aromatic carbocycles. The summed E-state index contributed by atoms with van der Waals surface area (Å²) in [5, 5.41) is 0. The zero-order valence-corrected chi connectivity index (χ0v) is 8.69. The van der Waals surface area contributed by atoms with Crippen LogP contribution in [0.15, 0.2) is 24.5 Å². The van der Waals surface area contributed by atoms with Crippen LogP contribution in [0, 0.1) is 5.92 Å². The van der Waals surface area contributed by atoms with E-state index in [2.05, 4.69) is 24.0 Å². The maximum atomic E-state index is 6.04. The second kappa shape index (κ2) is 4.09. The summed E-state index contributed by atoms with van der Waals surface area (Å²) in [7, 11) is 0. The molecule has 0 aliphatic heterocycles. The lowest BCUT2D eigenvalue weighted by Gasteiger charge is -2.31. The molecule has 0 saturated heterocycles. The highest BCUT2D eigenvalue weighted by molar-refractivity contribution is 5.17. The van der Waals surface area contributed by atoms with Gasteiger partial charge in [-0.2, -0.15) is 0 Å². The van der Waals surface area contributed by atoms with Crippen molar-refractivity contribution in [3.05, 3.63) is 30.1 Å². The summed E-state index contributed by atoms with van der Waals surface area (Å²) in [6.07, 6.45) is 7.34. The van der Waals surface area contributed by atoms with Gasteiger partial charge in [0, 0.05) is 18.4 Å². The zero-order valence-electron chi connectivity index (χ0n) is 8.69. The summed E-state index contributed by atoms with van der Waals surface area (Å²) in [5.74, 6) is 1.41. The van der Waals surface area contributed by atoms with Crippen LogP contribution in [0.1, 0.15) is 37.7 Å². The summed E-state index contributed by atoms with van der Waals surface area (Å²) in [6.45, 7) is 2.30. The van der Waals surface area contributed by atoms with Gasteiger partial charge in [0.1, 0.15) is 0 Å². The highest BCUT2D eigenvalue weighted by atomic mass is 14.6. The van der Waals surface area contributed by atoms with Crippen LogP contribution in [0.4, 0.5) is 0 Å². The van der Waals surface area contributed by atoms with Crippen molar-refractivity contribution < 1.29 is 0 Å². The van der Waals surface area contributed by atoms with E-state index < -0.39 is 0 Å². The summed E-state index contributed by atoms with van der Waals surface area (Å²) in [4.78, 5) is 4.05. The van der Waals surface area contributed by atoms with Gasteiger partial charge in [-0.05, 0) is 48.8 Å². The van der Waals surface area contributed by atoms with Gasteiger partial charge in [0.15, 0.2) is 0 Å². The van der Waals surface area contributed by atoms with Gasteiger partial charge in [-0.15, -0.1) is 0 Å². The molecule has 1 saturated carbocycles. The maximum absolute atomic E-state index is 6.04. The number of rotatable bonds is 1. The molecule has 0 bridgehead atoms. The molecule has 76 valence electrons. The average molecular weight is 190 g/mol. The summed E-state index contributed by atoms with van der Waals surface area (Å²) >= 11 is 0. The summed E-state index contributed by atoms with van der Waals surface area (Å²) < 4.78 is 0. The van der Waals surface area contributed by atoms with Crippen molar-refractivity contribution in [1.82, 2.24) is 4.98 Å². The molecule has 1 aromatic rings. The van der Waals surface area contributed by atoms with Gasteiger partial charge in [-0.3, -0.25) is 4.98 Å². The van der Waals surface area contributed by atoms with Crippen molar-refractivity contribution in [2.75, 3.05) is 0 Å². The third kappa shape index (κ3) is 2.13. The first-order valence-corrected chi connectivity index (χ1v) is 5.41. The molecule has 3 atom stereocenters. The largest absolute Gasteiger partial charge is 0.328 e. The molecule has 2 N–H and O–H groups in total. The van der Waals surface area contributed by atoms with E-state index in [0.29, 0.717) is 12.0 Å². The van der Waals surface area contributed by atoms with Gasteiger partial charge in [0.25, 0.3) is 0 Å². The van der Waals surface area contributed by atoms with Crippen LogP contribution in [0.3, 0.4) is 0 Å². The lowest BCUT2D eigenvalue weighted by Crippen LogP contribution is -2.30. The van der Waals surface area contributed by atoms with Gasteiger partial charge < -0.3 is 5.73 Å². The van der Waals surface area contributed by atoms with Crippen LogP contribution in [0.2, 0.25) is 0 Å². The fourth-order valence-corrected chi connectivity index (χ4v) is 2.56. The molecular formula is C12H18N2. The Morgan fingerprint density at radius 1 is 1.21 bits per heavy atom. The Bertz CT molecular complexity index is 274. The lowest BCUT2D eigenvalue weighted by molar-refractivity contribution is 0.308. The van der Waals surface area contributed by atoms with Gasteiger partial charge in [-0.1, -0.05) is 6.92 Å². The van der Waals surface area contributed by atoms with Gasteiger partial charge >= 0.3 is 0 Å². The second-order valence-corrected chi connectivity index (χ2v) is 4.55. The summed E-state index contributed by atoms with van der Waals surface area (Å²) in [6, 6.07) is 4.63. The Hall–Kier alpha value is -0.890. The minimum Gasteiger partial charge on any atom is -0.328 e. The Morgan fingerprint density at radius 2 is 1.93 bits per heavy atom. The SMILES string of the molecule is C[C@H]1C[C@@H](N)C[C@@H](c2ccncc2)C1. The Kier molecular flexibility index (Phi) is 2.82. The van der Waals surface area contributed by atoms with E-state index in [1.807, 2.05) is 12.4 Å². The number of pyridine rings is 1. The molecule has 14 heavy (non-hydrogen) atoms. The average Bonchev–Trinajstić information content (AvgIpc) is 2.18. The van der Waals surface area contributed by atoms with Crippen LogP contribution >= 0.6 is 0 Å². The van der Waals surface area contributed by atoms with E-state index in [9.17, 15) is 0 Å². The normalized spacial score (nSPS) is 32.9. The molecular weight excluding hydrogens is 172 g/mol. The molecule has 0 unspecified atom stereocenters. The fraction of sp³-hybridized carbons (Fsp3) is 0.583. The highest BCUT2D eigenvalue weighted by Crippen LogP contribution is 2.34. The molecule has 1 aliphatic rings. The van der Waals surface area contributed by atoms with Gasteiger partial charge in [0.2, 0.25) is 0 Å². The van der Waals surface area contributed by atoms with Crippen LogP contribution in [-0.2, 0) is 0 Å². The topological polar surface area (TPSA) is 38.9 Å². The third-order valence-corrected chi connectivity index (χ3v) is 3.16.